The number of aryl methyl sites for hydroxylation is 1. The quantitative estimate of drug-likeness (QED) is 0.654. The number of nitrogens with one attached hydrogen (secondary N) is 1. The molecule has 1 aromatic carbocycles. The van der Waals surface area contributed by atoms with Gasteiger partial charge in [-0.3, -0.25) is 4.79 Å². The fraction of sp³-hybridized carbons (Fsp3) is 0.273. The summed E-state index contributed by atoms with van der Waals surface area (Å²) in [7, 11) is 0. The van der Waals surface area contributed by atoms with Crippen molar-refractivity contribution >= 4 is 23.4 Å². The van der Waals surface area contributed by atoms with Gasteiger partial charge in [-0.15, -0.1) is 0 Å². The molecule has 0 spiro atoms. The Kier molecular flexibility index (Phi) is 6.21. The number of pyridine rings is 1. The molecule has 1 aliphatic rings. The summed E-state index contributed by atoms with van der Waals surface area (Å²) in [4.78, 5) is 29.2. The number of ether oxygens (including phenoxy) is 1. The molecule has 0 atom stereocenters. The number of piperazine rings is 1. The van der Waals surface area contributed by atoms with Gasteiger partial charge in [-0.05, 0) is 48.9 Å². The maximum atomic E-state index is 13.0. The highest BCUT2D eigenvalue weighted by Gasteiger charge is 2.22. The Bertz CT molecular complexity index is 1040. The Hall–Kier alpha value is -3.75. The maximum Gasteiger partial charge on any atom is 0.260 e. The van der Waals surface area contributed by atoms with Gasteiger partial charge in [0.2, 0.25) is 0 Å². The second-order valence-electron chi connectivity index (χ2n) is 7.22. The van der Waals surface area contributed by atoms with E-state index in [1.165, 1.54) is 30.6 Å². The molecule has 0 unspecified atom stereocenters. The summed E-state index contributed by atoms with van der Waals surface area (Å²) in [6.45, 7) is 4.37. The van der Waals surface area contributed by atoms with Crippen molar-refractivity contribution < 1.29 is 13.9 Å². The van der Waals surface area contributed by atoms with Crippen LogP contribution in [0.2, 0.25) is 0 Å². The van der Waals surface area contributed by atoms with E-state index in [0.29, 0.717) is 37.7 Å². The first-order valence-corrected chi connectivity index (χ1v) is 10.00. The summed E-state index contributed by atoms with van der Waals surface area (Å²) < 4.78 is 18.4. The predicted octanol–water partition coefficient (Wildman–Crippen LogP) is 2.79. The van der Waals surface area contributed by atoms with Crippen LogP contribution in [0.15, 0.2) is 55.0 Å². The lowest BCUT2D eigenvalue weighted by Gasteiger charge is -2.35. The number of nitrogens with zero attached hydrogens (tertiary/aromatic N) is 5. The highest BCUT2D eigenvalue weighted by Crippen LogP contribution is 2.19. The van der Waals surface area contributed by atoms with Gasteiger partial charge in [0.15, 0.2) is 6.61 Å². The van der Waals surface area contributed by atoms with Crippen molar-refractivity contribution in [3.8, 4) is 5.75 Å². The van der Waals surface area contributed by atoms with Crippen molar-refractivity contribution in [1.82, 2.24) is 19.9 Å². The van der Waals surface area contributed by atoms with E-state index in [2.05, 4.69) is 25.2 Å². The van der Waals surface area contributed by atoms with Gasteiger partial charge in [-0.2, -0.15) is 0 Å². The van der Waals surface area contributed by atoms with Crippen LogP contribution >= 0.6 is 0 Å². The first-order valence-electron chi connectivity index (χ1n) is 10.00. The number of hydrogen-bond donors (Lipinski definition) is 1. The minimum absolute atomic E-state index is 0.0727. The Morgan fingerprint density at radius 2 is 1.77 bits per heavy atom. The number of carbonyl (C=O) groups is 1. The Morgan fingerprint density at radius 1 is 1.03 bits per heavy atom. The van der Waals surface area contributed by atoms with Gasteiger partial charge in [0.05, 0.1) is 0 Å². The first kappa shape index (κ1) is 20.5. The summed E-state index contributed by atoms with van der Waals surface area (Å²) >= 11 is 0. The van der Waals surface area contributed by atoms with E-state index in [0.717, 1.165) is 17.2 Å². The lowest BCUT2D eigenvalue weighted by Crippen LogP contribution is -2.50. The average Bonchev–Trinajstić information content (AvgIpc) is 2.79. The van der Waals surface area contributed by atoms with Crippen molar-refractivity contribution in [3.05, 3.63) is 66.4 Å². The lowest BCUT2D eigenvalue weighted by atomic mass is 10.3. The summed E-state index contributed by atoms with van der Waals surface area (Å²) in [6.07, 6.45) is 3.26. The van der Waals surface area contributed by atoms with Crippen molar-refractivity contribution in [2.24, 2.45) is 0 Å². The Labute approximate surface area is 179 Å². The molecule has 2 aromatic heterocycles. The van der Waals surface area contributed by atoms with Crippen LogP contribution in [-0.4, -0.2) is 58.5 Å². The molecule has 0 bridgehead atoms. The van der Waals surface area contributed by atoms with E-state index in [1.807, 2.05) is 25.1 Å². The van der Waals surface area contributed by atoms with Gasteiger partial charge in [-0.1, -0.05) is 0 Å². The summed E-state index contributed by atoms with van der Waals surface area (Å²) in [5.41, 5.74) is 1.11. The minimum Gasteiger partial charge on any atom is -0.484 e. The van der Waals surface area contributed by atoms with Crippen LogP contribution in [-0.2, 0) is 4.79 Å². The van der Waals surface area contributed by atoms with E-state index in [-0.39, 0.29) is 18.3 Å². The predicted molar refractivity (Wildman–Crippen MR) is 115 cm³/mol. The van der Waals surface area contributed by atoms with Crippen LogP contribution < -0.4 is 15.0 Å². The third kappa shape index (κ3) is 5.44. The minimum atomic E-state index is -0.340. The number of rotatable bonds is 6. The molecule has 3 aromatic rings. The molecule has 1 N–H and O–H groups in total. The highest BCUT2D eigenvalue weighted by atomic mass is 19.1. The van der Waals surface area contributed by atoms with Crippen molar-refractivity contribution in [2.45, 2.75) is 6.92 Å². The molecule has 3 heterocycles. The molecular formula is C22H23FN6O2. The van der Waals surface area contributed by atoms with E-state index in [1.54, 1.807) is 11.1 Å². The molecular weight excluding hydrogens is 399 g/mol. The number of halogens is 1. The van der Waals surface area contributed by atoms with Crippen LogP contribution in [0.5, 0.6) is 5.75 Å². The third-order valence-corrected chi connectivity index (χ3v) is 4.96. The molecule has 160 valence electrons. The van der Waals surface area contributed by atoms with Gasteiger partial charge in [0.1, 0.15) is 35.3 Å². The number of amides is 1. The van der Waals surface area contributed by atoms with Gasteiger partial charge in [0.25, 0.3) is 5.91 Å². The topological polar surface area (TPSA) is 83.5 Å². The summed E-state index contributed by atoms with van der Waals surface area (Å²) in [6, 6.07) is 11.4. The summed E-state index contributed by atoms with van der Waals surface area (Å²) in [5, 5.41) is 3.19. The number of anilines is 3. The Morgan fingerprint density at radius 3 is 2.52 bits per heavy atom. The average molecular weight is 422 g/mol. The van der Waals surface area contributed by atoms with E-state index in [4.69, 9.17) is 4.74 Å². The SMILES string of the molecule is Cc1ccnc(Nc2cc(N3CCN(C(=O)COc4ccc(F)cc4)CC3)ncn2)c1. The van der Waals surface area contributed by atoms with Gasteiger partial charge >= 0.3 is 0 Å². The molecule has 0 radical (unpaired) electrons. The molecule has 1 aliphatic heterocycles. The van der Waals surface area contributed by atoms with Crippen molar-refractivity contribution in [1.29, 1.82) is 0 Å². The van der Waals surface area contributed by atoms with Gasteiger partial charge < -0.3 is 19.9 Å². The maximum absolute atomic E-state index is 13.0. The molecule has 0 saturated carbocycles. The van der Waals surface area contributed by atoms with Crippen molar-refractivity contribution in [2.75, 3.05) is 43.0 Å². The van der Waals surface area contributed by atoms with E-state index in [9.17, 15) is 9.18 Å². The molecule has 4 rings (SSSR count). The second kappa shape index (κ2) is 9.38. The van der Waals surface area contributed by atoms with Gasteiger partial charge in [0, 0.05) is 38.4 Å². The highest BCUT2D eigenvalue weighted by molar-refractivity contribution is 5.78. The number of aromatic nitrogens is 3. The third-order valence-electron chi connectivity index (χ3n) is 4.96. The molecule has 0 aliphatic carbocycles. The molecule has 1 saturated heterocycles. The monoisotopic (exact) mass is 422 g/mol. The van der Waals surface area contributed by atoms with Crippen LogP contribution in [0.1, 0.15) is 5.56 Å². The van der Waals surface area contributed by atoms with E-state index >= 15 is 0 Å². The zero-order valence-electron chi connectivity index (χ0n) is 17.2. The smallest absolute Gasteiger partial charge is 0.260 e. The van der Waals surface area contributed by atoms with Crippen LogP contribution in [0.3, 0.4) is 0 Å². The molecule has 1 fully saturated rings. The molecule has 31 heavy (non-hydrogen) atoms. The second-order valence-corrected chi connectivity index (χ2v) is 7.22. The van der Waals surface area contributed by atoms with Crippen LogP contribution in [0, 0.1) is 12.7 Å². The molecule has 1 amide bonds. The Balaban J connectivity index is 1.30. The summed E-state index contributed by atoms with van der Waals surface area (Å²) in [5.74, 6) is 2.21. The van der Waals surface area contributed by atoms with Crippen LogP contribution in [0.4, 0.5) is 21.8 Å². The normalized spacial score (nSPS) is 13.7. The largest absolute Gasteiger partial charge is 0.484 e. The van der Waals surface area contributed by atoms with Crippen molar-refractivity contribution in [3.63, 3.8) is 0 Å². The number of benzene rings is 1. The molecule has 8 nitrogen and oxygen atoms in total. The number of hydrogen-bond acceptors (Lipinski definition) is 7. The zero-order chi connectivity index (χ0) is 21.6. The van der Waals surface area contributed by atoms with Crippen LogP contribution in [0.25, 0.3) is 0 Å². The lowest BCUT2D eigenvalue weighted by molar-refractivity contribution is -0.133. The van der Waals surface area contributed by atoms with Gasteiger partial charge in [-0.25, -0.2) is 19.3 Å². The standard InChI is InChI=1S/C22H23FN6O2/c1-16-6-7-24-19(12-16)27-20-13-21(26-15-25-20)28-8-10-29(11-9-28)22(30)14-31-18-4-2-17(23)3-5-18/h2-7,12-13,15H,8-11,14H2,1H3,(H,24,25,26,27). The first-order chi connectivity index (χ1) is 15.1. The number of carbonyl (C=O) groups excluding carboxylic acids is 1. The zero-order valence-corrected chi connectivity index (χ0v) is 17.2. The fourth-order valence-corrected chi connectivity index (χ4v) is 3.28. The van der Waals surface area contributed by atoms with E-state index < -0.39 is 0 Å². The fourth-order valence-electron chi connectivity index (χ4n) is 3.28. The molecule has 9 heteroatoms.